The number of carbonyl (C=O) groups is 2. The Kier molecular flexibility index (Phi) is 6.35. The molecule has 1 aliphatic heterocycles. The molecule has 0 aliphatic carbocycles. The van der Waals surface area contributed by atoms with Gasteiger partial charge in [0.1, 0.15) is 10.8 Å². The van der Waals surface area contributed by atoms with Gasteiger partial charge in [0.2, 0.25) is 11.8 Å². The molecule has 4 nitrogen and oxygen atoms in total. The molecule has 0 radical (unpaired) electrons. The van der Waals surface area contributed by atoms with Gasteiger partial charge in [-0.1, -0.05) is 48.5 Å². The number of anilines is 2. The summed E-state index contributed by atoms with van der Waals surface area (Å²) in [6.07, 6.45) is 0. The third kappa shape index (κ3) is 4.78. The first-order valence-corrected chi connectivity index (χ1v) is 11.5. The summed E-state index contributed by atoms with van der Waals surface area (Å²) >= 11 is 7.94. The smallest absolute Gasteiger partial charge is 0.246 e. The number of carbonyl (C=O) groups excluding carboxylic acids is 2. The van der Waals surface area contributed by atoms with Crippen LogP contribution >= 0.6 is 23.4 Å². The zero-order valence-corrected chi connectivity index (χ0v) is 18.9. The third-order valence-electron chi connectivity index (χ3n) is 5.11. The predicted molar refractivity (Wildman–Crippen MR) is 129 cm³/mol. The second-order valence-electron chi connectivity index (χ2n) is 7.66. The summed E-state index contributed by atoms with van der Waals surface area (Å²) in [4.78, 5) is 27.2. The number of rotatable bonds is 5. The van der Waals surface area contributed by atoms with E-state index in [2.05, 4.69) is 11.4 Å². The number of alkyl halides is 1. The molecular weight excluding hydrogens is 428 g/mol. The van der Waals surface area contributed by atoms with Crippen LogP contribution in [-0.4, -0.2) is 17.6 Å². The Bertz CT molecular complexity index is 1100. The molecule has 2 amide bonds. The van der Waals surface area contributed by atoms with Crippen molar-refractivity contribution in [2.24, 2.45) is 0 Å². The van der Waals surface area contributed by atoms with E-state index in [9.17, 15) is 9.59 Å². The lowest BCUT2D eigenvalue weighted by atomic mass is 10.1. The van der Waals surface area contributed by atoms with Crippen molar-refractivity contribution >= 4 is 46.6 Å². The van der Waals surface area contributed by atoms with Crippen molar-refractivity contribution in [1.29, 1.82) is 0 Å². The summed E-state index contributed by atoms with van der Waals surface area (Å²) in [7, 11) is 0. The molecule has 1 aliphatic rings. The molecule has 1 fully saturated rings. The minimum absolute atomic E-state index is 0.0827. The molecule has 3 aromatic rings. The number of hydrogen-bond donors (Lipinski definition) is 1. The van der Waals surface area contributed by atoms with Crippen LogP contribution in [0.5, 0.6) is 0 Å². The number of nitrogens with one attached hydrogen (secondary N) is 1. The molecule has 1 N–H and O–H groups in total. The highest BCUT2D eigenvalue weighted by atomic mass is 35.5. The number of benzene rings is 3. The lowest BCUT2D eigenvalue weighted by molar-refractivity contribution is -0.116. The Hall–Kier alpha value is -2.76. The van der Waals surface area contributed by atoms with E-state index in [1.54, 1.807) is 11.8 Å². The maximum Gasteiger partial charge on any atom is 0.246 e. The SMILES string of the molecule is Cc1cc(C)cc(N2C(=O)CS[C@H]2c2cccc(NC(=O)[C@@H](Cl)c3ccccc3)c2)c1. The van der Waals surface area contributed by atoms with Crippen LogP contribution in [0.15, 0.2) is 72.8 Å². The highest BCUT2D eigenvalue weighted by Gasteiger charge is 2.34. The highest BCUT2D eigenvalue weighted by Crippen LogP contribution is 2.42. The fourth-order valence-electron chi connectivity index (χ4n) is 3.79. The summed E-state index contributed by atoms with van der Waals surface area (Å²) < 4.78 is 0. The number of thioether (sulfide) groups is 1. The molecule has 6 heteroatoms. The molecule has 158 valence electrons. The maximum atomic E-state index is 12.7. The molecule has 1 heterocycles. The van der Waals surface area contributed by atoms with Gasteiger partial charge in [-0.05, 0) is 60.4 Å². The fourth-order valence-corrected chi connectivity index (χ4v) is 5.16. The van der Waals surface area contributed by atoms with Gasteiger partial charge in [-0.25, -0.2) is 0 Å². The molecule has 1 saturated heterocycles. The molecule has 0 aromatic heterocycles. The Morgan fingerprint density at radius 3 is 2.45 bits per heavy atom. The zero-order chi connectivity index (χ0) is 22.0. The molecule has 0 bridgehead atoms. The van der Waals surface area contributed by atoms with Crippen molar-refractivity contribution in [3.8, 4) is 0 Å². The van der Waals surface area contributed by atoms with Gasteiger partial charge in [-0.3, -0.25) is 14.5 Å². The Balaban J connectivity index is 1.57. The maximum absolute atomic E-state index is 12.7. The minimum atomic E-state index is -0.779. The number of nitrogens with zero attached hydrogens (tertiary/aromatic N) is 1. The fraction of sp³-hybridized carbons (Fsp3) is 0.200. The molecule has 3 aromatic carbocycles. The van der Waals surface area contributed by atoms with E-state index in [4.69, 9.17) is 11.6 Å². The van der Waals surface area contributed by atoms with Gasteiger partial charge in [0.25, 0.3) is 0 Å². The molecule has 4 rings (SSSR count). The summed E-state index contributed by atoms with van der Waals surface area (Å²) in [5.41, 5.74) is 5.50. The summed E-state index contributed by atoms with van der Waals surface area (Å²) in [5.74, 6) is 0.220. The third-order valence-corrected chi connectivity index (χ3v) is 6.78. The van der Waals surface area contributed by atoms with Gasteiger partial charge in [-0.2, -0.15) is 0 Å². The van der Waals surface area contributed by atoms with E-state index < -0.39 is 5.38 Å². The number of halogens is 1. The first kappa shape index (κ1) is 21.5. The largest absolute Gasteiger partial charge is 0.324 e. The van der Waals surface area contributed by atoms with Gasteiger partial charge in [0, 0.05) is 11.4 Å². The molecule has 0 spiro atoms. The highest BCUT2D eigenvalue weighted by molar-refractivity contribution is 8.00. The van der Waals surface area contributed by atoms with Crippen molar-refractivity contribution < 1.29 is 9.59 Å². The van der Waals surface area contributed by atoms with Crippen molar-refractivity contribution in [1.82, 2.24) is 0 Å². The van der Waals surface area contributed by atoms with Gasteiger partial charge in [0.15, 0.2) is 0 Å². The number of amides is 2. The zero-order valence-electron chi connectivity index (χ0n) is 17.3. The lowest BCUT2D eigenvalue weighted by Crippen LogP contribution is -2.28. The topological polar surface area (TPSA) is 49.4 Å². The van der Waals surface area contributed by atoms with Crippen LogP contribution in [0.25, 0.3) is 0 Å². The van der Waals surface area contributed by atoms with Crippen molar-refractivity contribution in [2.45, 2.75) is 24.6 Å². The van der Waals surface area contributed by atoms with Gasteiger partial charge < -0.3 is 5.32 Å². The van der Waals surface area contributed by atoms with Crippen LogP contribution in [0.2, 0.25) is 0 Å². The standard InChI is InChI=1S/C25H23ClN2O2S/c1-16-11-17(2)13-21(12-16)28-22(29)15-31-25(28)19-9-6-10-20(14-19)27-24(30)23(26)18-7-4-3-5-8-18/h3-14,23,25H,15H2,1-2H3,(H,27,30)/t23-,25-/m0/s1. The average Bonchev–Trinajstić information content (AvgIpc) is 3.15. The Morgan fingerprint density at radius 1 is 1.03 bits per heavy atom. The van der Waals surface area contributed by atoms with Gasteiger partial charge in [-0.15, -0.1) is 23.4 Å². The van der Waals surface area contributed by atoms with Crippen LogP contribution in [0.1, 0.15) is 33.0 Å². The van der Waals surface area contributed by atoms with E-state index >= 15 is 0 Å². The van der Waals surface area contributed by atoms with E-state index in [1.807, 2.05) is 85.5 Å². The predicted octanol–water partition coefficient (Wildman–Crippen LogP) is 6.00. The Morgan fingerprint density at radius 2 is 1.74 bits per heavy atom. The van der Waals surface area contributed by atoms with Crippen molar-refractivity contribution in [3.63, 3.8) is 0 Å². The summed E-state index contributed by atoms with van der Waals surface area (Å²) in [6, 6.07) is 23.0. The normalized spacial score (nSPS) is 16.9. The number of hydrogen-bond acceptors (Lipinski definition) is 3. The van der Waals surface area contributed by atoms with Crippen LogP contribution in [0.4, 0.5) is 11.4 Å². The van der Waals surface area contributed by atoms with Crippen molar-refractivity contribution in [2.75, 3.05) is 16.0 Å². The monoisotopic (exact) mass is 450 g/mol. The molecule has 0 unspecified atom stereocenters. The molecular formula is C25H23ClN2O2S. The summed E-state index contributed by atoms with van der Waals surface area (Å²) in [5, 5.41) is 1.98. The van der Waals surface area contributed by atoms with Gasteiger partial charge in [0.05, 0.1) is 5.75 Å². The summed E-state index contributed by atoms with van der Waals surface area (Å²) in [6.45, 7) is 4.06. The Labute approximate surface area is 191 Å². The average molecular weight is 451 g/mol. The van der Waals surface area contributed by atoms with Crippen LogP contribution in [-0.2, 0) is 9.59 Å². The minimum Gasteiger partial charge on any atom is -0.324 e. The van der Waals surface area contributed by atoms with E-state index in [0.717, 1.165) is 27.9 Å². The molecule has 0 saturated carbocycles. The number of aryl methyl sites for hydroxylation is 2. The van der Waals surface area contributed by atoms with Crippen LogP contribution in [0, 0.1) is 13.8 Å². The quantitative estimate of drug-likeness (QED) is 0.485. The van der Waals surface area contributed by atoms with Crippen LogP contribution < -0.4 is 10.2 Å². The van der Waals surface area contributed by atoms with Crippen molar-refractivity contribution in [3.05, 3.63) is 95.1 Å². The van der Waals surface area contributed by atoms with E-state index in [0.29, 0.717) is 11.4 Å². The first-order chi connectivity index (χ1) is 14.9. The molecule has 31 heavy (non-hydrogen) atoms. The van der Waals surface area contributed by atoms with E-state index in [-0.39, 0.29) is 17.2 Å². The lowest BCUT2D eigenvalue weighted by Gasteiger charge is -2.25. The molecule has 2 atom stereocenters. The second kappa shape index (κ2) is 9.16. The van der Waals surface area contributed by atoms with Crippen LogP contribution in [0.3, 0.4) is 0 Å². The van der Waals surface area contributed by atoms with E-state index in [1.165, 1.54) is 0 Å². The first-order valence-electron chi connectivity index (χ1n) is 10.0. The van der Waals surface area contributed by atoms with Gasteiger partial charge >= 0.3 is 0 Å². The second-order valence-corrected chi connectivity index (χ2v) is 9.17.